The summed E-state index contributed by atoms with van der Waals surface area (Å²) in [6.07, 6.45) is -0.188. The summed E-state index contributed by atoms with van der Waals surface area (Å²) in [6.45, 7) is 0.0532. The van der Waals surface area contributed by atoms with Crippen molar-refractivity contribution in [1.29, 1.82) is 0 Å². The molecule has 1 rings (SSSR count). The van der Waals surface area contributed by atoms with Crippen LogP contribution < -0.4 is 5.32 Å². The lowest BCUT2D eigenvalue weighted by atomic mass is 10.1. The molecule has 0 aliphatic rings. The van der Waals surface area contributed by atoms with Gasteiger partial charge in [0, 0.05) is 17.1 Å². The van der Waals surface area contributed by atoms with Gasteiger partial charge in [0.2, 0.25) is 5.91 Å². The Morgan fingerprint density at radius 1 is 1.53 bits per heavy atom. The topological polar surface area (TPSA) is 55.4 Å². The van der Waals surface area contributed by atoms with Crippen LogP contribution in [0.3, 0.4) is 0 Å². The van der Waals surface area contributed by atoms with Crippen LogP contribution in [0.1, 0.15) is 5.56 Å². The monoisotopic (exact) mass is 351 g/mol. The van der Waals surface area contributed by atoms with Crippen LogP contribution >= 0.6 is 27.5 Å². The van der Waals surface area contributed by atoms with E-state index < -0.39 is 22.5 Å². The first-order valence-corrected chi connectivity index (χ1v) is 6.66. The molecule has 0 bridgehead atoms. The SMILES string of the molecule is COC(=O)C(Br)CNC(=O)Cc1c(F)cccc1Cl. The molecule has 1 unspecified atom stereocenters. The van der Waals surface area contributed by atoms with Crippen molar-refractivity contribution < 1.29 is 18.7 Å². The molecule has 0 spiro atoms. The van der Waals surface area contributed by atoms with E-state index in [1.807, 2.05) is 0 Å². The Bertz CT molecular complexity index is 464. The number of alkyl halides is 1. The highest BCUT2D eigenvalue weighted by Gasteiger charge is 2.17. The zero-order chi connectivity index (χ0) is 14.4. The van der Waals surface area contributed by atoms with Crippen LogP contribution in [0.2, 0.25) is 5.02 Å². The highest BCUT2D eigenvalue weighted by molar-refractivity contribution is 9.10. The molecule has 1 aromatic carbocycles. The summed E-state index contributed by atoms with van der Waals surface area (Å²) in [5.41, 5.74) is 0.130. The lowest BCUT2D eigenvalue weighted by molar-refractivity contribution is -0.139. The van der Waals surface area contributed by atoms with E-state index >= 15 is 0 Å². The lowest BCUT2D eigenvalue weighted by Crippen LogP contribution is -2.34. The molecule has 4 nitrogen and oxygen atoms in total. The van der Waals surface area contributed by atoms with Crippen LogP contribution in [0.25, 0.3) is 0 Å². The molecule has 1 aromatic rings. The Labute approximate surface area is 123 Å². The van der Waals surface area contributed by atoms with Gasteiger partial charge in [0.15, 0.2) is 0 Å². The van der Waals surface area contributed by atoms with Crippen molar-refractivity contribution in [1.82, 2.24) is 5.32 Å². The van der Waals surface area contributed by atoms with Gasteiger partial charge in [-0.05, 0) is 12.1 Å². The summed E-state index contributed by atoms with van der Waals surface area (Å²) >= 11 is 8.86. The van der Waals surface area contributed by atoms with Crippen molar-refractivity contribution in [2.24, 2.45) is 0 Å². The molecule has 0 saturated heterocycles. The second-order valence-electron chi connectivity index (χ2n) is 3.67. The molecular weight excluding hydrogens is 340 g/mol. The van der Waals surface area contributed by atoms with Gasteiger partial charge in [-0.15, -0.1) is 0 Å². The maximum absolute atomic E-state index is 13.4. The number of rotatable bonds is 5. The molecule has 19 heavy (non-hydrogen) atoms. The molecule has 0 aliphatic carbocycles. The molecule has 0 radical (unpaired) electrons. The fourth-order valence-electron chi connectivity index (χ4n) is 1.34. The number of amides is 1. The van der Waals surface area contributed by atoms with E-state index in [4.69, 9.17) is 11.6 Å². The highest BCUT2D eigenvalue weighted by Crippen LogP contribution is 2.19. The Hall–Kier alpha value is -1.14. The van der Waals surface area contributed by atoms with Gasteiger partial charge in [0.25, 0.3) is 0 Å². The number of hydrogen-bond donors (Lipinski definition) is 1. The van der Waals surface area contributed by atoms with Gasteiger partial charge in [0.05, 0.1) is 13.5 Å². The van der Waals surface area contributed by atoms with Crippen molar-refractivity contribution in [3.63, 3.8) is 0 Å². The average Bonchev–Trinajstić information content (AvgIpc) is 2.39. The fourth-order valence-corrected chi connectivity index (χ4v) is 1.92. The summed E-state index contributed by atoms with van der Waals surface area (Å²) in [7, 11) is 1.25. The second-order valence-corrected chi connectivity index (χ2v) is 5.18. The molecule has 1 atom stereocenters. The van der Waals surface area contributed by atoms with Gasteiger partial charge < -0.3 is 10.1 Å². The first kappa shape index (κ1) is 15.9. The number of carbonyl (C=O) groups excluding carboxylic acids is 2. The number of esters is 1. The number of benzene rings is 1. The van der Waals surface area contributed by atoms with E-state index in [1.54, 1.807) is 0 Å². The molecule has 0 heterocycles. The van der Waals surface area contributed by atoms with E-state index in [1.165, 1.54) is 25.3 Å². The Morgan fingerprint density at radius 2 is 2.21 bits per heavy atom. The molecule has 1 N–H and O–H groups in total. The van der Waals surface area contributed by atoms with Crippen LogP contribution in [-0.4, -0.2) is 30.4 Å². The van der Waals surface area contributed by atoms with Crippen LogP contribution in [0.5, 0.6) is 0 Å². The van der Waals surface area contributed by atoms with E-state index in [2.05, 4.69) is 26.0 Å². The maximum Gasteiger partial charge on any atom is 0.321 e. The Kier molecular flexibility index (Phi) is 6.24. The van der Waals surface area contributed by atoms with Crippen LogP contribution in [-0.2, 0) is 20.7 Å². The van der Waals surface area contributed by atoms with Crippen LogP contribution in [0.15, 0.2) is 18.2 Å². The van der Waals surface area contributed by atoms with Gasteiger partial charge in [-0.25, -0.2) is 4.39 Å². The summed E-state index contributed by atoms with van der Waals surface area (Å²) in [4.78, 5) is 22.1. The first-order valence-electron chi connectivity index (χ1n) is 5.37. The normalized spacial score (nSPS) is 11.8. The summed E-state index contributed by atoms with van der Waals surface area (Å²) in [5.74, 6) is -1.46. The van der Waals surface area contributed by atoms with E-state index in [9.17, 15) is 14.0 Å². The van der Waals surface area contributed by atoms with Gasteiger partial charge >= 0.3 is 5.97 Å². The second kappa shape index (κ2) is 7.45. The van der Waals surface area contributed by atoms with Crippen LogP contribution in [0, 0.1) is 5.82 Å². The minimum Gasteiger partial charge on any atom is -0.468 e. The number of hydrogen-bond acceptors (Lipinski definition) is 3. The van der Waals surface area contributed by atoms with Gasteiger partial charge in [-0.1, -0.05) is 33.6 Å². The number of carbonyl (C=O) groups is 2. The highest BCUT2D eigenvalue weighted by atomic mass is 79.9. The average molecular weight is 353 g/mol. The summed E-state index contributed by atoms with van der Waals surface area (Å²) in [6, 6.07) is 4.20. The van der Waals surface area contributed by atoms with Crippen molar-refractivity contribution in [3.05, 3.63) is 34.6 Å². The van der Waals surface area contributed by atoms with Crippen molar-refractivity contribution >= 4 is 39.4 Å². The van der Waals surface area contributed by atoms with Gasteiger partial charge in [-0.3, -0.25) is 9.59 Å². The predicted molar refractivity (Wildman–Crippen MR) is 72.9 cm³/mol. The lowest BCUT2D eigenvalue weighted by Gasteiger charge is -2.10. The van der Waals surface area contributed by atoms with Crippen molar-refractivity contribution in [3.8, 4) is 0 Å². The zero-order valence-electron chi connectivity index (χ0n) is 10.1. The van der Waals surface area contributed by atoms with Crippen LogP contribution in [0.4, 0.5) is 4.39 Å². The number of methoxy groups -OCH3 is 1. The number of ether oxygens (including phenoxy) is 1. The smallest absolute Gasteiger partial charge is 0.321 e. The molecular formula is C12H12BrClFNO3. The molecule has 0 fully saturated rings. The van der Waals surface area contributed by atoms with Gasteiger partial charge in [-0.2, -0.15) is 0 Å². The van der Waals surface area contributed by atoms with E-state index in [-0.39, 0.29) is 23.6 Å². The molecule has 0 saturated carbocycles. The molecule has 104 valence electrons. The Morgan fingerprint density at radius 3 is 2.79 bits per heavy atom. The summed E-state index contributed by atoms with van der Waals surface area (Å²) in [5, 5.41) is 2.68. The third-order valence-corrected chi connectivity index (χ3v) is 3.39. The Balaban J connectivity index is 2.54. The predicted octanol–water partition coefficient (Wildman–Crippen LogP) is 2.07. The van der Waals surface area contributed by atoms with E-state index in [0.717, 1.165) is 0 Å². The quantitative estimate of drug-likeness (QED) is 0.652. The largest absolute Gasteiger partial charge is 0.468 e. The molecule has 1 amide bonds. The zero-order valence-corrected chi connectivity index (χ0v) is 12.4. The molecule has 7 heteroatoms. The summed E-state index contributed by atoms with van der Waals surface area (Å²) < 4.78 is 17.9. The minimum atomic E-state index is -0.641. The van der Waals surface area contributed by atoms with Crippen molar-refractivity contribution in [2.45, 2.75) is 11.2 Å². The molecule has 0 aliphatic heterocycles. The van der Waals surface area contributed by atoms with E-state index in [0.29, 0.717) is 0 Å². The van der Waals surface area contributed by atoms with Crippen molar-refractivity contribution in [2.75, 3.05) is 13.7 Å². The maximum atomic E-state index is 13.4. The third kappa shape index (κ3) is 4.80. The number of halogens is 3. The third-order valence-electron chi connectivity index (χ3n) is 2.33. The minimum absolute atomic E-state index is 0.0532. The molecule has 0 aromatic heterocycles. The standard InChI is InChI=1S/C12H12BrClFNO3/c1-19-12(18)8(13)6-16-11(17)5-7-9(14)3-2-4-10(7)15/h2-4,8H,5-6H2,1H3,(H,16,17). The first-order chi connectivity index (χ1) is 8.95. The van der Waals surface area contributed by atoms with Gasteiger partial charge in [0.1, 0.15) is 10.6 Å². The fraction of sp³-hybridized carbons (Fsp3) is 0.333. The number of nitrogens with one attached hydrogen (secondary N) is 1.